The van der Waals surface area contributed by atoms with Crippen LogP contribution in [0.25, 0.3) is 0 Å². The van der Waals surface area contributed by atoms with Crippen molar-refractivity contribution in [3.63, 3.8) is 0 Å². The fourth-order valence-electron chi connectivity index (χ4n) is 2.16. The highest BCUT2D eigenvalue weighted by Gasteiger charge is 2.22. The van der Waals surface area contributed by atoms with Crippen molar-refractivity contribution in [2.45, 2.75) is 32.3 Å². The summed E-state index contributed by atoms with van der Waals surface area (Å²) in [6, 6.07) is 2.00. The van der Waals surface area contributed by atoms with E-state index in [9.17, 15) is 5.11 Å². The lowest BCUT2D eigenvalue weighted by atomic mass is 10.1. The molecule has 1 fully saturated rings. The lowest BCUT2D eigenvalue weighted by molar-refractivity contribution is 0.178. The Hall–Kier alpha value is -1.09. The predicted molar refractivity (Wildman–Crippen MR) is 60.8 cm³/mol. The third-order valence-electron chi connectivity index (χ3n) is 3.12. The Morgan fingerprint density at radius 2 is 2.40 bits per heavy atom. The van der Waals surface area contributed by atoms with Gasteiger partial charge in [0.2, 0.25) is 0 Å². The molecule has 0 aromatic carbocycles. The number of rotatable bonds is 3. The summed E-state index contributed by atoms with van der Waals surface area (Å²) in [5.74, 6) is 0.618. The summed E-state index contributed by atoms with van der Waals surface area (Å²) in [6.07, 6.45) is 6.64. The smallest absolute Gasteiger partial charge is 0.0543 e. The lowest BCUT2D eigenvalue weighted by Crippen LogP contribution is -2.13. The fraction of sp³-hybridized carbons (Fsp3) is 0.583. The van der Waals surface area contributed by atoms with Crippen LogP contribution in [-0.2, 0) is 0 Å². The van der Waals surface area contributed by atoms with Gasteiger partial charge in [0, 0.05) is 24.6 Å². The van der Waals surface area contributed by atoms with Crippen molar-refractivity contribution in [2.75, 3.05) is 11.9 Å². The van der Waals surface area contributed by atoms with Crippen molar-refractivity contribution in [3.8, 4) is 0 Å². The van der Waals surface area contributed by atoms with Gasteiger partial charge in [-0.3, -0.25) is 4.98 Å². The highest BCUT2D eigenvalue weighted by atomic mass is 16.3. The molecular formula is C12H18N2O. The van der Waals surface area contributed by atoms with Gasteiger partial charge < -0.3 is 10.4 Å². The van der Waals surface area contributed by atoms with E-state index in [1.807, 2.05) is 12.3 Å². The Labute approximate surface area is 90.5 Å². The molecule has 0 radical (unpaired) electrons. The molecule has 2 atom stereocenters. The quantitative estimate of drug-likeness (QED) is 0.794. The van der Waals surface area contributed by atoms with E-state index in [-0.39, 0.29) is 6.10 Å². The van der Waals surface area contributed by atoms with Crippen molar-refractivity contribution < 1.29 is 5.11 Å². The maximum atomic E-state index is 9.41. The van der Waals surface area contributed by atoms with Crippen LogP contribution in [0.15, 0.2) is 18.5 Å². The first-order valence-corrected chi connectivity index (χ1v) is 5.58. The predicted octanol–water partition coefficient (Wildman–Crippen LogP) is 1.96. The number of pyridine rings is 1. The summed E-state index contributed by atoms with van der Waals surface area (Å²) < 4.78 is 0. The molecule has 1 aromatic rings. The molecule has 82 valence electrons. The van der Waals surface area contributed by atoms with E-state index in [0.29, 0.717) is 5.92 Å². The van der Waals surface area contributed by atoms with E-state index in [2.05, 4.69) is 17.2 Å². The van der Waals surface area contributed by atoms with Crippen LogP contribution < -0.4 is 5.32 Å². The summed E-state index contributed by atoms with van der Waals surface area (Å²) in [4.78, 5) is 4.06. The zero-order valence-corrected chi connectivity index (χ0v) is 9.11. The number of aliphatic hydroxyl groups excluding tert-OH is 1. The van der Waals surface area contributed by atoms with Crippen LogP contribution in [-0.4, -0.2) is 22.7 Å². The molecule has 1 aromatic heterocycles. The molecule has 0 aliphatic heterocycles. The van der Waals surface area contributed by atoms with Gasteiger partial charge >= 0.3 is 0 Å². The van der Waals surface area contributed by atoms with Gasteiger partial charge in [0.1, 0.15) is 0 Å². The second kappa shape index (κ2) is 4.62. The Bertz CT molecular complexity index is 327. The Balaban J connectivity index is 1.86. The lowest BCUT2D eigenvalue weighted by Gasteiger charge is -2.13. The molecule has 2 rings (SSSR count). The van der Waals surface area contributed by atoms with Gasteiger partial charge in [-0.1, -0.05) is 0 Å². The maximum Gasteiger partial charge on any atom is 0.0543 e. The monoisotopic (exact) mass is 206 g/mol. The van der Waals surface area contributed by atoms with Gasteiger partial charge in [0.25, 0.3) is 0 Å². The average Bonchev–Trinajstić information content (AvgIpc) is 2.63. The largest absolute Gasteiger partial charge is 0.393 e. The number of nitrogens with zero attached hydrogens (tertiary/aromatic N) is 1. The van der Waals surface area contributed by atoms with E-state index in [1.165, 1.54) is 5.56 Å². The summed E-state index contributed by atoms with van der Waals surface area (Å²) in [5, 5.41) is 12.8. The highest BCUT2D eigenvalue weighted by Crippen LogP contribution is 2.25. The minimum atomic E-state index is -0.0738. The first kappa shape index (κ1) is 10.4. The molecule has 15 heavy (non-hydrogen) atoms. The standard InChI is InChI=1S/C12H18N2O/c1-9-7-13-5-4-12(9)14-8-10-2-3-11(15)6-10/h4-5,7,10-11,15H,2-3,6,8H2,1H3,(H,13,14). The molecule has 1 saturated carbocycles. The van der Waals surface area contributed by atoms with Gasteiger partial charge in [-0.05, 0) is 43.7 Å². The molecular weight excluding hydrogens is 188 g/mol. The van der Waals surface area contributed by atoms with Gasteiger partial charge in [-0.25, -0.2) is 0 Å². The molecule has 2 N–H and O–H groups in total. The van der Waals surface area contributed by atoms with Crippen LogP contribution in [0.2, 0.25) is 0 Å². The molecule has 0 amide bonds. The molecule has 1 aliphatic carbocycles. The van der Waals surface area contributed by atoms with Crippen molar-refractivity contribution in [3.05, 3.63) is 24.0 Å². The topological polar surface area (TPSA) is 45.2 Å². The summed E-state index contributed by atoms with van der Waals surface area (Å²) in [7, 11) is 0. The molecule has 3 nitrogen and oxygen atoms in total. The van der Waals surface area contributed by atoms with E-state index < -0.39 is 0 Å². The first-order valence-electron chi connectivity index (χ1n) is 5.58. The summed E-state index contributed by atoms with van der Waals surface area (Å²) >= 11 is 0. The van der Waals surface area contributed by atoms with Gasteiger partial charge in [0.05, 0.1) is 6.10 Å². The van der Waals surface area contributed by atoms with E-state index in [4.69, 9.17) is 0 Å². The second-order valence-electron chi connectivity index (χ2n) is 4.40. The molecule has 0 saturated heterocycles. The van der Waals surface area contributed by atoms with E-state index in [0.717, 1.165) is 31.5 Å². The number of aryl methyl sites for hydroxylation is 1. The number of aromatic nitrogens is 1. The molecule has 0 bridgehead atoms. The number of hydrogen-bond acceptors (Lipinski definition) is 3. The minimum Gasteiger partial charge on any atom is -0.393 e. The second-order valence-corrected chi connectivity index (χ2v) is 4.40. The van der Waals surface area contributed by atoms with Crippen LogP contribution in [0.1, 0.15) is 24.8 Å². The molecule has 2 unspecified atom stereocenters. The Morgan fingerprint density at radius 3 is 3.07 bits per heavy atom. The molecule has 1 heterocycles. The highest BCUT2D eigenvalue weighted by molar-refractivity contribution is 5.48. The van der Waals surface area contributed by atoms with Gasteiger partial charge in [-0.2, -0.15) is 0 Å². The number of hydrogen-bond donors (Lipinski definition) is 2. The van der Waals surface area contributed by atoms with Crippen LogP contribution in [0.3, 0.4) is 0 Å². The van der Waals surface area contributed by atoms with Crippen LogP contribution in [0.4, 0.5) is 5.69 Å². The number of anilines is 1. The average molecular weight is 206 g/mol. The zero-order valence-electron chi connectivity index (χ0n) is 9.11. The zero-order chi connectivity index (χ0) is 10.7. The summed E-state index contributed by atoms with van der Waals surface area (Å²) in [5.41, 5.74) is 2.34. The molecule has 3 heteroatoms. The van der Waals surface area contributed by atoms with Crippen molar-refractivity contribution >= 4 is 5.69 Å². The van der Waals surface area contributed by atoms with E-state index in [1.54, 1.807) is 6.20 Å². The van der Waals surface area contributed by atoms with Gasteiger partial charge in [-0.15, -0.1) is 0 Å². The van der Waals surface area contributed by atoms with Crippen molar-refractivity contribution in [1.82, 2.24) is 4.98 Å². The third kappa shape index (κ3) is 2.69. The normalized spacial score (nSPS) is 25.5. The third-order valence-corrected chi connectivity index (χ3v) is 3.12. The van der Waals surface area contributed by atoms with Crippen molar-refractivity contribution in [1.29, 1.82) is 0 Å². The summed E-state index contributed by atoms with van der Waals surface area (Å²) in [6.45, 7) is 3.01. The number of aliphatic hydroxyl groups is 1. The molecule has 1 aliphatic rings. The van der Waals surface area contributed by atoms with Crippen LogP contribution in [0.5, 0.6) is 0 Å². The number of nitrogens with one attached hydrogen (secondary N) is 1. The van der Waals surface area contributed by atoms with E-state index >= 15 is 0 Å². The Kier molecular flexibility index (Phi) is 3.21. The fourth-order valence-corrected chi connectivity index (χ4v) is 2.16. The molecule has 0 spiro atoms. The van der Waals surface area contributed by atoms with Crippen LogP contribution in [0, 0.1) is 12.8 Å². The Morgan fingerprint density at radius 1 is 1.53 bits per heavy atom. The van der Waals surface area contributed by atoms with Gasteiger partial charge in [0.15, 0.2) is 0 Å². The minimum absolute atomic E-state index is 0.0738. The van der Waals surface area contributed by atoms with Crippen LogP contribution >= 0.6 is 0 Å². The SMILES string of the molecule is Cc1cnccc1NCC1CCC(O)C1. The first-order chi connectivity index (χ1) is 7.25. The van der Waals surface area contributed by atoms with Crippen molar-refractivity contribution in [2.24, 2.45) is 5.92 Å². The maximum absolute atomic E-state index is 9.41.